The zero-order valence-corrected chi connectivity index (χ0v) is 12.5. The van der Waals surface area contributed by atoms with E-state index in [0.717, 1.165) is 43.5 Å². The summed E-state index contributed by atoms with van der Waals surface area (Å²) in [5.74, 6) is 2.88. The molecule has 1 aliphatic heterocycles. The van der Waals surface area contributed by atoms with Gasteiger partial charge >= 0.3 is 0 Å². The second-order valence-electron chi connectivity index (χ2n) is 5.12. The highest BCUT2D eigenvalue weighted by molar-refractivity contribution is 5.49. The van der Waals surface area contributed by atoms with Crippen molar-refractivity contribution in [3.8, 4) is 0 Å². The highest BCUT2D eigenvalue weighted by Crippen LogP contribution is 2.20. The predicted molar refractivity (Wildman–Crippen MR) is 79.9 cm³/mol. The molecule has 1 aromatic rings. The Kier molecular flexibility index (Phi) is 4.58. The van der Waals surface area contributed by atoms with Crippen LogP contribution < -0.4 is 10.2 Å². The van der Waals surface area contributed by atoms with Crippen LogP contribution >= 0.6 is 0 Å². The Morgan fingerprint density at radius 3 is 2.74 bits per heavy atom. The molecular weight excluding hydrogens is 238 g/mol. The van der Waals surface area contributed by atoms with Crippen molar-refractivity contribution in [2.24, 2.45) is 0 Å². The van der Waals surface area contributed by atoms with E-state index in [-0.39, 0.29) is 0 Å². The highest BCUT2D eigenvalue weighted by Gasteiger charge is 2.24. The third-order valence-electron chi connectivity index (χ3n) is 3.90. The quantitative estimate of drug-likeness (QED) is 0.894. The highest BCUT2D eigenvalue weighted by atomic mass is 15.3. The fourth-order valence-corrected chi connectivity index (χ4v) is 2.53. The molecule has 2 heterocycles. The summed E-state index contributed by atoms with van der Waals surface area (Å²) in [5, 5.41) is 3.13. The monoisotopic (exact) mass is 263 g/mol. The second kappa shape index (κ2) is 6.19. The molecule has 1 N–H and O–H groups in total. The van der Waals surface area contributed by atoms with Crippen molar-refractivity contribution in [2.45, 2.75) is 32.7 Å². The smallest absolute Gasteiger partial charge is 0.134 e. The molecule has 1 aliphatic rings. The molecule has 106 valence electrons. The maximum Gasteiger partial charge on any atom is 0.134 e. The topological polar surface area (TPSA) is 44.3 Å². The molecule has 0 spiro atoms. The minimum absolute atomic E-state index is 0.617. The average Bonchev–Trinajstić information content (AvgIpc) is 2.47. The summed E-state index contributed by atoms with van der Waals surface area (Å²) in [6, 6.07) is 2.67. The van der Waals surface area contributed by atoms with Gasteiger partial charge in [0.25, 0.3) is 0 Å². The van der Waals surface area contributed by atoms with Gasteiger partial charge < -0.3 is 10.2 Å². The van der Waals surface area contributed by atoms with E-state index in [0.29, 0.717) is 6.04 Å². The van der Waals surface area contributed by atoms with E-state index in [1.54, 1.807) is 0 Å². The van der Waals surface area contributed by atoms with Gasteiger partial charge in [-0.15, -0.1) is 0 Å². The maximum absolute atomic E-state index is 4.67. The summed E-state index contributed by atoms with van der Waals surface area (Å²) >= 11 is 0. The fraction of sp³-hybridized carbons (Fsp3) is 0.714. The van der Waals surface area contributed by atoms with Crippen molar-refractivity contribution in [2.75, 3.05) is 43.9 Å². The van der Waals surface area contributed by atoms with E-state index in [1.165, 1.54) is 6.42 Å². The Balaban J connectivity index is 2.21. The first-order valence-corrected chi connectivity index (χ1v) is 7.18. The van der Waals surface area contributed by atoms with Crippen molar-refractivity contribution < 1.29 is 0 Å². The lowest BCUT2D eigenvalue weighted by atomic mass is 10.1. The second-order valence-corrected chi connectivity index (χ2v) is 5.12. The SMILES string of the molecule is CCc1nc(NC)cc(N2CCN(C)C(CC)C2)n1. The first kappa shape index (κ1) is 14.1. The third kappa shape index (κ3) is 3.15. The normalized spacial score (nSPS) is 20.6. The molecule has 1 aromatic heterocycles. The summed E-state index contributed by atoms with van der Waals surface area (Å²) in [6.45, 7) is 7.53. The summed E-state index contributed by atoms with van der Waals surface area (Å²) in [7, 11) is 4.12. The lowest BCUT2D eigenvalue weighted by molar-refractivity contribution is 0.213. The number of aromatic nitrogens is 2. The number of piperazine rings is 1. The molecular formula is C14H25N5. The van der Waals surface area contributed by atoms with Gasteiger partial charge in [0.2, 0.25) is 0 Å². The number of nitrogens with zero attached hydrogens (tertiary/aromatic N) is 4. The van der Waals surface area contributed by atoms with Crippen LogP contribution in [0.3, 0.4) is 0 Å². The van der Waals surface area contributed by atoms with Crippen molar-refractivity contribution in [1.29, 1.82) is 0 Å². The van der Waals surface area contributed by atoms with Crippen LogP contribution in [0.1, 0.15) is 26.1 Å². The van der Waals surface area contributed by atoms with Crippen molar-refractivity contribution in [3.63, 3.8) is 0 Å². The molecule has 0 radical (unpaired) electrons. The first-order chi connectivity index (χ1) is 9.17. The molecule has 1 atom stereocenters. The molecule has 1 unspecified atom stereocenters. The molecule has 0 bridgehead atoms. The Morgan fingerprint density at radius 2 is 2.11 bits per heavy atom. The van der Waals surface area contributed by atoms with E-state index < -0.39 is 0 Å². The lowest BCUT2D eigenvalue weighted by Gasteiger charge is -2.39. The summed E-state index contributed by atoms with van der Waals surface area (Å²) in [6.07, 6.45) is 2.05. The van der Waals surface area contributed by atoms with E-state index >= 15 is 0 Å². The molecule has 1 saturated heterocycles. The van der Waals surface area contributed by atoms with Crippen molar-refractivity contribution >= 4 is 11.6 Å². The van der Waals surface area contributed by atoms with E-state index in [9.17, 15) is 0 Å². The number of likely N-dealkylation sites (N-methyl/N-ethyl adjacent to an activating group) is 1. The largest absolute Gasteiger partial charge is 0.373 e. The predicted octanol–water partition coefficient (Wildman–Crippen LogP) is 1.61. The van der Waals surface area contributed by atoms with Crippen LogP contribution in [0.25, 0.3) is 0 Å². The first-order valence-electron chi connectivity index (χ1n) is 7.18. The Morgan fingerprint density at radius 1 is 1.32 bits per heavy atom. The van der Waals surface area contributed by atoms with E-state index in [1.807, 2.05) is 7.05 Å². The van der Waals surface area contributed by atoms with Crippen LogP contribution in [0.2, 0.25) is 0 Å². The molecule has 0 saturated carbocycles. The van der Waals surface area contributed by atoms with Gasteiger partial charge in [-0.2, -0.15) is 0 Å². The van der Waals surface area contributed by atoms with E-state index in [2.05, 4.69) is 52.0 Å². The molecule has 2 rings (SSSR count). The summed E-state index contributed by atoms with van der Waals surface area (Å²) in [4.78, 5) is 14.0. The molecule has 19 heavy (non-hydrogen) atoms. The van der Waals surface area contributed by atoms with Gasteiger partial charge in [-0.1, -0.05) is 13.8 Å². The van der Waals surface area contributed by atoms with Crippen LogP contribution in [0, 0.1) is 0 Å². The summed E-state index contributed by atoms with van der Waals surface area (Å²) < 4.78 is 0. The molecule has 1 fully saturated rings. The van der Waals surface area contributed by atoms with Gasteiger partial charge in [-0.3, -0.25) is 4.90 Å². The Labute approximate surface area is 116 Å². The van der Waals surface area contributed by atoms with Crippen LogP contribution in [-0.2, 0) is 6.42 Å². The maximum atomic E-state index is 4.67. The zero-order valence-electron chi connectivity index (χ0n) is 12.5. The number of hydrogen-bond donors (Lipinski definition) is 1. The van der Waals surface area contributed by atoms with Crippen LogP contribution in [0.5, 0.6) is 0 Å². The number of rotatable bonds is 4. The lowest BCUT2D eigenvalue weighted by Crippen LogP contribution is -2.51. The van der Waals surface area contributed by atoms with Crippen molar-refractivity contribution in [3.05, 3.63) is 11.9 Å². The standard InChI is InChI=1S/C14H25N5/c1-5-11-10-19(8-7-18(11)4)14-9-13(15-3)16-12(6-2)17-14/h9,11H,5-8,10H2,1-4H3,(H,15,16,17). The van der Waals surface area contributed by atoms with Crippen LogP contribution in [-0.4, -0.2) is 54.6 Å². The van der Waals surface area contributed by atoms with Gasteiger partial charge in [0.05, 0.1) is 0 Å². The van der Waals surface area contributed by atoms with Gasteiger partial charge in [-0.25, -0.2) is 9.97 Å². The molecule has 5 heteroatoms. The molecule has 0 aliphatic carbocycles. The number of nitrogens with one attached hydrogen (secondary N) is 1. The van der Waals surface area contributed by atoms with Gasteiger partial charge in [0.1, 0.15) is 17.5 Å². The minimum atomic E-state index is 0.617. The van der Waals surface area contributed by atoms with Crippen LogP contribution in [0.4, 0.5) is 11.6 Å². The number of hydrogen-bond acceptors (Lipinski definition) is 5. The number of anilines is 2. The fourth-order valence-electron chi connectivity index (χ4n) is 2.53. The summed E-state index contributed by atoms with van der Waals surface area (Å²) in [5.41, 5.74) is 0. The number of aryl methyl sites for hydroxylation is 1. The van der Waals surface area contributed by atoms with Crippen LogP contribution in [0.15, 0.2) is 6.07 Å². The molecule has 0 aromatic carbocycles. The van der Waals surface area contributed by atoms with Gasteiger partial charge in [-0.05, 0) is 13.5 Å². The van der Waals surface area contributed by atoms with E-state index in [4.69, 9.17) is 0 Å². The third-order valence-corrected chi connectivity index (χ3v) is 3.90. The minimum Gasteiger partial charge on any atom is -0.373 e. The molecule has 0 amide bonds. The van der Waals surface area contributed by atoms with Gasteiger partial charge in [0, 0.05) is 45.2 Å². The molecule has 5 nitrogen and oxygen atoms in total. The Bertz CT molecular complexity index is 398. The Hall–Kier alpha value is -1.36. The van der Waals surface area contributed by atoms with Gasteiger partial charge in [0.15, 0.2) is 0 Å². The van der Waals surface area contributed by atoms with Crippen molar-refractivity contribution in [1.82, 2.24) is 14.9 Å². The zero-order chi connectivity index (χ0) is 13.8. The average molecular weight is 263 g/mol.